The first-order chi connectivity index (χ1) is 9.08. The third-order valence-corrected chi connectivity index (χ3v) is 3.13. The summed E-state index contributed by atoms with van der Waals surface area (Å²) >= 11 is 0. The molecule has 0 aliphatic heterocycles. The molecular formula is C14H15NO4. The molecular weight excluding hydrogens is 246 g/mol. The lowest BCUT2D eigenvalue weighted by Crippen LogP contribution is -2.23. The zero-order valence-corrected chi connectivity index (χ0v) is 10.3. The number of carboxylic acids is 1. The number of rotatable bonds is 3. The molecule has 1 amide bonds. The van der Waals surface area contributed by atoms with E-state index in [1.165, 1.54) is 18.2 Å². The number of allylic oxidation sites excluding steroid dienone is 2. The molecule has 0 radical (unpaired) electrons. The molecule has 0 fully saturated rings. The molecule has 0 spiro atoms. The van der Waals surface area contributed by atoms with Crippen LogP contribution in [0.15, 0.2) is 30.4 Å². The summed E-state index contributed by atoms with van der Waals surface area (Å²) in [6.45, 7) is 0. The molecule has 3 N–H and O–H groups in total. The van der Waals surface area contributed by atoms with Crippen LogP contribution in [0.25, 0.3) is 0 Å². The van der Waals surface area contributed by atoms with Gasteiger partial charge in [-0.05, 0) is 37.5 Å². The number of aromatic hydroxyl groups is 1. The number of benzene rings is 1. The lowest BCUT2D eigenvalue weighted by molar-refractivity contribution is -0.120. The van der Waals surface area contributed by atoms with Gasteiger partial charge in [0.25, 0.3) is 0 Å². The first kappa shape index (κ1) is 13.1. The molecule has 0 aromatic heterocycles. The molecule has 1 aromatic rings. The molecule has 100 valence electrons. The highest BCUT2D eigenvalue weighted by molar-refractivity contribution is 5.96. The number of hydrogen-bond acceptors (Lipinski definition) is 3. The number of aromatic carboxylic acids is 1. The molecule has 1 unspecified atom stereocenters. The number of carbonyl (C=O) groups excluding carboxylic acids is 1. The van der Waals surface area contributed by atoms with E-state index in [1.807, 2.05) is 12.2 Å². The van der Waals surface area contributed by atoms with Gasteiger partial charge >= 0.3 is 5.97 Å². The quantitative estimate of drug-likeness (QED) is 0.576. The summed E-state index contributed by atoms with van der Waals surface area (Å²) in [7, 11) is 0. The summed E-state index contributed by atoms with van der Waals surface area (Å²) in [5, 5.41) is 21.0. The topological polar surface area (TPSA) is 86.6 Å². The fraction of sp³-hybridized carbons (Fsp3) is 0.286. The average molecular weight is 261 g/mol. The zero-order valence-electron chi connectivity index (χ0n) is 10.3. The number of nitrogens with one attached hydrogen (secondary N) is 1. The van der Waals surface area contributed by atoms with Crippen molar-refractivity contribution >= 4 is 17.6 Å². The van der Waals surface area contributed by atoms with E-state index in [4.69, 9.17) is 5.11 Å². The van der Waals surface area contributed by atoms with Crippen LogP contribution in [0.5, 0.6) is 5.75 Å². The minimum Gasteiger partial charge on any atom is -0.507 e. The van der Waals surface area contributed by atoms with E-state index in [0.717, 1.165) is 12.8 Å². The molecule has 1 aliphatic rings. The molecule has 1 atom stereocenters. The SMILES string of the molecule is O=C(O)c1cc(NC(=O)C2CC=CCC2)ccc1O. The Morgan fingerprint density at radius 2 is 2.05 bits per heavy atom. The van der Waals surface area contributed by atoms with Crippen molar-refractivity contribution in [3.05, 3.63) is 35.9 Å². The average Bonchev–Trinajstić information content (AvgIpc) is 2.41. The van der Waals surface area contributed by atoms with Gasteiger partial charge in [-0.15, -0.1) is 0 Å². The van der Waals surface area contributed by atoms with Crippen molar-refractivity contribution < 1.29 is 19.8 Å². The van der Waals surface area contributed by atoms with Crippen LogP contribution >= 0.6 is 0 Å². The standard InChI is InChI=1S/C14H15NO4/c16-12-7-6-10(8-11(12)14(18)19)15-13(17)9-4-2-1-3-5-9/h1-2,6-9,16H,3-5H2,(H,15,17)(H,18,19). The number of anilines is 1. The molecule has 1 aliphatic carbocycles. The number of carboxylic acid groups (broad SMARTS) is 1. The fourth-order valence-electron chi connectivity index (χ4n) is 2.06. The molecule has 5 heteroatoms. The number of amides is 1. The van der Waals surface area contributed by atoms with Gasteiger partial charge in [-0.3, -0.25) is 4.79 Å². The Hall–Kier alpha value is -2.30. The summed E-state index contributed by atoms with van der Waals surface area (Å²) in [6.07, 6.45) is 6.41. The lowest BCUT2D eigenvalue weighted by Gasteiger charge is -2.17. The largest absolute Gasteiger partial charge is 0.507 e. The molecule has 0 heterocycles. The maximum atomic E-state index is 12.0. The van der Waals surface area contributed by atoms with Gasteiger partial charge in [0.05, 0.1) is 0 Å². The third kappa shape index (κ3) is 3.13. The second kappa shape index (κ2) is 5.56. The minimum absolute atomic E-state index is 0.0768. The molecule has 0 saturated heterocycles. The Balaban J connectivity index is 2.10. The van der Waals surface area contributed by atoms with E-state index in [9.17, 15) is 14.7 Å². The zero-order chi connectivity index (χ0) is 13.8. The van der Waals surface area contributed by atoms with Crippen molar-refractivity contribution in [1.29, 1.82) is 0 Å². The van der Waals surface area contributed by atoms with Gasteiger partial charge < -0.3 is 15.5 Å². The summed E-state index contributed by atoms with van der Waals surface area (Å²) in [4.78, 5) is 22.9. The van der Waals surface area contributed by atoms with Gasteiger partial charge in [0.2, 0.25) is 5.91 Å². The van der Waals surface area contributed by atoms with Gasteiger partial charge in [-0.1, -0.05) is 12.2 Å². The monoisotopic (exact) mass is 261 g/mol. The van der Waals surface area contributed by atoms with Crippen LogP contribution in [0.1, 0.15) is 29.6 Å². The molecule has 0 saturated carbocycles. The normalized spacial score (nSPS) is 18.0. The maximum absolute atomic E-state index is 12.0. The van der Waals surface area contributed by atoms with Crippen LogP contribution in [-0.2, 0) is 4.79 Å². The number of carbonyl (C=O) groups is 2. The van der Waals surface area contributed by atoms with Crippen LogP contribution in [0.2, 0.25) is 0 Å². The Bertz CT molecular complexity index is 536. The first-order valence-corrected chi connectivity index (χ1v) is 6.10. The van der Waals surface area contributed by atoms with Crippen LogP contribution in [0, 0.1) is 5.92 Å². The maximum Gasteiger partial charge on any atom is 0.339 e. The number of hydrogen-bond donors (Lipinski definition) is 3. The lowest BCUT2D eigenvalue weighted by atomic mass is 9.93. The fourth-order valence-corrected chi connectivity index (χ4v) is 2.06. The summed E-state index contributed by atoms with van der Waals surface area (Å²) in [5.74, 6) is -1.74. The third-order valence-electron chi connectivity index (χ3n) is 3.13. The van der Waals surface area contributed by atoms with E-state index in [1.54, 1.807) is 0 Å². The van der Waals surface area contributed by atoms with Crippen molar-refractivity contribution in [3.63, 3.8) is 0 Å². The van der Waals surface area contributed by atoms with Gasteiger partial charge in [0.1, 0.15) is 11.3 Å². The highest BCUT2D eigenvalue weighted by atomic mass is 16.4. The van der Waals surface area contributed by atoms with Gasteiger partial charge in [0, 0.05) is 11.6 Å². The molecule has 0 bridgehead atoms. The van der Waals surface area contributed by atoms with Gasteiger partial charge in [-0.2, -0.15) is 0 Å². The Labute approximate surface area is 110 Å². The van der Waals surface area contributed by atoms with E-state index >= 15 is 0 Å². The smallest absolute Gasteiger partial charge is 0.339 e. The van der Waals surface area contributed by atoms with Crippen molar-refractivity contribution in [2.45, 2.75) is 19.3 Å². The molecule has 19 heavy (non-hydrogen) atoms. The van der Waals surface area contributed by atoms with Crippen molar-refractivity contribution in [3.8, 4) is 5.75 Å². The van der Waals surface area contributed by atoms with Crippen LogP contribution in [0.3, 0.4) is 0 Å². The van der Waals surface area contributed by atoms with Crippen molar-refractivity contribution in [2.75, 3.05) is 5.32 Å². The van der Waals surface area contributed by atoms with E-state index in [-0.39, 0.29) is 23.1 Å². The molecule has 2 rings (SSSR count). The highest BCUT2D eigenvalue weighted by Crippen LogP contribution is 2.24. The second-order valence-corrected chi connectivity index (χ2v) is 4.51. The van der Waals surface area contributed by atoms with E-state index in [0.29, 0.717) is 12.1 Å². The minimum atomic E-state index is -1.23. The van der Waals surface area contributed by atoms with Gasteiger partial charge in [-0.25, -0.2) is 4.79 Å². The summed E-state index contributed by atoms with van der Waals surface area (Å²) in [5.41, 5.74) is 0.163. The Morgan fingerprint density at radius 1 is 1.26 bits per heavy atom. The predicted octanol–water partition coefficient (Wildman–Crippen LogP) is 2.39. The second-order valence-electron chi connectivity index (χ2n) is 4.51. The number of phenols is 1. The van der Waals surface area contributed by atoms with Crippen LogP contribution in [0.4, 0.5) is 5.69 Å². The summed E-state index contributed by atoms with van der Waals surface area (Å²) < 4.78 is 0. The van der Waals surface area contributed by atoms with Crippen LogP contribution < -0.4 is 5.32 Å². The Kier molecular flexibility index (Phi) is 3.85. The van der Waals surface area contributed by atoms with Gasteiger partial charge in [0.15, 0.2) is 0 Å². The molecule has 5 nitrogen and oxygen atoms in total. The van der Waals surface area contributed by atoms with Crippen LogP contribution in [-0.4, -0.2) is 22.1 Å². The molecule has 1 aromatic carbocycles. The van der Waals surface area contributed by atoms with Crippen molar-refractivity contribution in [2.24, 2.45) is 5.92 Å². The predicted molar refractivity (Wildman–Crippen MR) is 70.2 cm³/mol. The van der Waals surface area contributed by atoms with E-state index in [2.05, 4.69) is 5.32 Å². The van der Waals surface area contributed by atoms with Crippen molar-refractivity contribution in [1.82, 2.24) is 0 Å². The highest BCUT2D eigenvalue weighted by Gasteiger charge is 2.19. The van der Waals surface area contributed by atoms with E-state index < -0.39 is 5.97 Å². The Morgan fingerprint density at radius 3 is 2.68 bits per heavy atom. The summed E-state index contributed by atoms with van der Waals surface area (Å²) in [6, 6.07) is 4.01. The first-order valence-electron chi connectivity index (χ1n) is 6.10.